The van der Waals surface area contributed by atoms with Gasteiger partial charge >= 0.3 is 5.97 Å². The number of benzene rings is 1. The summed E-state index contributed by atoms with van der Waals surface area (Å²) in [6.45, 7) is 0. The van der Waals surface area contributed by atoms with Gasteiger partial charge in [-0.3, -0.25) is 4.79 Å². The third-order valence-electron chi connectivity index (χ3n) is 3.63. The number of thioether (sulfide) groups is 1. The number of nitrogens with one attached hydrogen (secondary N) is 1. The van der Waals surface area contributed by atoms with Crippen LogP contribution < -0.4 is 5.32 Å². The van der Waals surface area contributed by atoms with Gasteiger partial charge in [-0.2, -0.15) is 0 Å². The number of hydrogen-bond acceptors (Lipinski definition) is 5. The Hall–Kier alpha value is -1.70. The average molecular weight is 400 g/mol. The molecule has 6 nitrogen and oxygen atoms in total. The highest BCUT2D eigenvalue weighted by Crippen LogP contribution is 2.37. The number of nitrogens with zero attached hydrogens (tertiary/aromatic N) is 2. The molecule has 1 fully saturated rings. The molecule has 1 aliphatic rings. The number of aromatic nitrogens is 2. The largest absolute Gasteiger partial charge is 0.465 e. The van der Waals surface area contributed by atoms with Crippen LogP contribution in [-0.4, -0.2) is 34.3 Å². The lowest BCUT2D eigenvalue weighted by Gasteiger charge is -2.12. The molecule has 1 aliphatic carbocycles. The van der Waals surface area contributed by atoms with Crippen LogP contribution in [0.15, 0.2) is 29.7 Å². The van der Waals surface area contributed by atoms with E-state index in [0.717, 1.165) is 18.0 Å². The van der Waals surface area contributed by atoms with Crippen LogP contribution in [0.3, 0.4) is 0 Å². The highest BCUT2D eigenvalue weighted by atomic mass is 35.5. The van der Waals surface area contributed by atoms with Crippen LogP contribution in [0.4, 0.5) is 5.69 Å². The predicted molar refractivity (Wildman–Crippen MR) is 97.7 cm³/mol. The number of esters is 1. The molecule has 132 valence electrons. The molecule has 1 N–H and O–H groups in total. The smallest absolute Gasteiger partial charge is 0.340 e. The van der Waals surface area contributed by atoms with Crippen molar-refractivity contribution in [2.75, 3.05) is 18.2 Å². The molecule has 1 saturated carbocycles. The molecule has 0 bridgehead atoms. The second-order valence-electron chi connectivity index (χ2n) is 5.49. The lowest BCUT2D eigenvalue weighted by atomic mass is 10.1. The van der Waals surface area contributed by atoms with Crippen LogP contribution >= 0.6 is 35.0 Å². The van der Waals surface area contributed by atoms with E-state index in [4.69, 9.17) is 27.9 Å². The van der Waals surface area contributed by atoms with Crippen molar-refractivity contribution in [3.63, 3.8) is 0 Å². The summed E-state index contributed by atoms with van der Waals surface area (Å²) in [4.78, 5) is 28.4. The Balaban J connectivity index is 1.70. The summed E-state index contributed by atoms with van der Waals surface area (Å²) in [7, 11) is 1.25. The van der Waals surface area contributed by atoms with Crippen molar-refractivity contribution in [3.05, 3.63) is 40.1 Å². The summed E-state index contributed by atoms with van der Waals surface area (Å²) < 4.78 is 6.79. The normalized spacial score (nSPS) is 13.6. The quantitative estimate of drug-likeness (QED) is 0.585. The van der Waals surface area contributed by atoms with Gasteiger partial charge in [0.15, 0.2) is 5.16 Å². The fourth-order valence-electron chi connectivity index (χ4n) is 2.32. The SMILES string of the molecule is COC(=O)c1cc(Cl)cc(Cl)c1NC(=O)CSc1nccn1C1CC1. The van der Waals surface area contributed by atoms with Crippen molar-refractivity contribution in [1.82, 2.24) is 9.55 Å². The van der Waals surface area contributed by atoms with E-state index in [-0.39, 0.29) is 33.0 Å². The van der Waals surface area contributed by atoms with Crippen molar-refractivity contribution in [3.8, 4) is 0 Å². The minimum absolute atomic E-state index is 0.109. The number of halogens is 2. The van der Waals surface area contributed by atoms with Gasteiger partial charge in [0.2, 0.25) is 5.91 Å². The van der Waals surface area contributed by atoms with E-state index in [9.17, 15) is 9.59 Å². The number of rotatable bonds is 6. The Morgan fingerprint density at radius 2 is 2.16 bits per heavy atom. The summed E-state index contributed by atoms with van der Waals surface area (Å²) in [5.41, 5.74) is 0.298. The average Bonchev–Trinajstić information content (AvgIpc) is 3.32. The summed E-state index contributed by atoms with van der Waals surface area (Å²) in [5.74, 6) is -0.787. The molecule has 0 spiro atoms. The number of carbonyl (C=O) groups excluding carboxylic acids is 2. The monoisotopic (exact) mass is 399 g/mol. The van der Waals surface area contributed by atoms with Crippen LogP contribution in [0.1, 0.15) is 29.2 Å². The molecule has 0 saturated heterocycles. The van der Waals surface area contributed by atoms with E-state index >= 15 is 0 Å². The number of imidazole rings is 1. The fraction of sp³-hybridized carbons (Fsp3) is 0.312. The molecule has 1 aromatic carbocycles. The molecular formula is C16H15Cl2N3O3S. The van der Waals surface area contributed by atoms with Crippen molar-refractivity contribution >= 4 is 52.5 Å². The van der Waals surface area contributed by atoms with Crippen molar-refractivity contribution in [2.24, 2.45) is 0 Å². The van der Waals surface area contributed by atoms with Crippen LogP contribution in [-0.2, 0) is 9.53 Å². The maximum Gasteiger partial charge on any atom is 0.340 e. The van der Waals surface area contributed by atoms with Crippen molar-refractivity contribution in [2.45, 2.75) is 24.0 Å². The number of anilines is 1. The van der Waals surface area contributed by atoms with Gasteiger partial charge in [-0.1, -0.05) is 35.0 Å². The highest BCUT2D eigenvalue weighted by molar-refractivity contribution is 7.99. The Kier molecular flexibility index (Phi) is 5.56. The molecular weight excluding hydrogens is 385 g/mol. The Labute approximate surface area is 158 Å². The molecule has 0 unspecified atom stereocenters. The first kappa shape index (κ1) is 18.1. The zero-order valence-corrected chi connectivity index (χ0v) is 15.6. The predicted octanol–water partition coefficient (Wildman–Crippen LogP) is 4.04. The Morgan fingerprint density at radius 1 is 1.40 bits per heavy atom. The van der Waals surface area contributed by atoms with Gasteiger partial charge in [-0.05, 0) is 25.0 Å². The molecule has 3 rings (SSSR count). The third-order valence-corrected chi connectivity index (χ3v) is 5.13. The number of hydrogen-bond donors (Lipinski definition) is 1. The summed E-state index contributed by atoms with van der Waals surface area (Å²) >= 11 is 13.4. The fourth-order valence-corrected chi connectivity index (χ4v) is 3.69. The minimum atomic E-state index is -0.628. The van der Waals surface area contributed by atoms with Gasteiger partial charge in [0.25, 0.3) is 0 Å². The summed E-state index contributed by atoms with van der Waals surface area (Å²) in [5, 5.41) is 3.91. The lowest BCUT2D eigenvalue weighted by Crippen LogP contribution is -2.18. The van der Waals surface area contributed by atoms with Crippen molar-refractivity contribution in [1.29, 1.82) is 0 Å². The van der Waals surface area contributed by atoms with Crippen LogP contribution in [0, 0.1) is 0 Å². The van der Waals surface area contributed by atoms with Gasteiger partial charge < -0.3 is 14.6 Å². The molecule has 0 atom stereocenters. The summed E-state index contributed by atoms with van der Waals surface area (Å²) in [6, 6.07) is 3.35. The van der Waals surface area contributed by atoms with E-state index in [1.54, 1.807) is 6.20 Å². The van der Waals surface area contributed by atoms with Gasteiger partial charge in [0.05, 0.1) is 29.1 Å². The summed E-state index contributed by atoms with van der Waals surface area (Å²) in [6.07, 6.45) is 5.92. The van der Waals surface area contributed by atoms with E-state index < -0.39 is 5.97 Å². The standard InChI is InChI=1S/C16H15Cl2N3O3S/c1-24-15(23)11-6-9(17)7-12(18)14(11)20-13(22)8-25-16-19-4-5-21(16)10-2-3-10/h4-7,10H,2-3,8H2,1H3,(H,20,22). The van der Waals surface area contributed by atoms with Gasteiger partial charge in [-0.25, -0.2) is 9.78 Å². The minimum Gasteiger partial charge on any atom is -0.465 e. The van der Waals surface area contributed by atoms with E-state index in [2.05, 4.69) is 14.9 Å². The zero-order valence-electron chi connectivity index (χ0n) is 13.3. The van der Waals surface area contributed by atoms with Gasteiger partial charge in [0.1, 0.15) is 0 Å². The maximum atomic E-state index is 12.3. The molecule has 1 aromatic heterocycles. The van der Waals surface area contributed by atoms with Crippen molar-refractivity contribution < 1.29 is 14.3 Å². The molecule has 0 radical (unpaired) electrons. The topological polar surface area (TPSA) is 73.2 Å². The molecule has 9 heteroatoms. The first-order chi connectivity index (χ1) is 12.0. The van der Waals surface area contributed by atoms with Gasteiger partial charge in [0, 0.05) is 23.5 Å². The Bertz CT molecular complexity index is 821. The molecule has 25 heavy (non-hydrogen) atoms. The second kappa shape index (κ2) is 7.68. The Morgan fingerprint density at radius 3 is 2.84 bits per heavy atom. The highest BCUT2D eigenvalue weighted by Gasteiger charge is 2.26. The molecule has 2 aromatic rings. The van der Waals surface area contributed by atoms with E-state index in [1.807, 2.05) is 6.20 Å². The lowest BCUT2D eigenvalue weighted by molar-refractivity contribution is -0.113. The number of ether oxygens (including phenoxy) is 1. The molecule has 1 amide bonds. The number of carbonyl (C=O) groups is 2. The first-order valence-corrected chi connectivity index (χ1v) is 9.26. The van der Waals surface area contributed by atoms with Crippen LogP contribution in [0.5, 0.6) is 0 Å². The van der Waals surface area contributed by atoms with Gasteiger partial charge in [-0.15, -0.1) is 0 Å². The maximum absolute atomic E-state index is 12.3. The third kappa shape index (κ3) is 4.29. The first-order valence-electron chi connectivity index (χ1n) is 7.52. The molecule has 1 heterocycles. The van der Waals surface area contributed by atoms with Crippen LogP contribution in [0.25, 0.3) is 0 Å². The molecule has 0 aliphatic heterocycles. The second-order valence-corrected chi connectivity index (χ2v) is 7.27. The zero-order chi connectivity index (χ0) is 18.0. The van der Waals surface area contributed by atoms with Crippen LogP contribution in [0.2, 0.25) is 10.0 Å². The van der Waals surface area contributed by atoms with E-state index in [1.165, 1.54) is 31.0 Å². The van der Waals surface area contributed by atoms with E-state index in [0.29, 0.717) is 6.04 Å². The number of methoxy groups -OCH3 is 1. The number of amides is 1.